The van der Waals surface area contributed by atoms with Crippen molar-refractivity contribution < 1.29 is 9.47 Å². The van der Waals surface area contributed by atoms with Crippen molar-refractivity contribution in [2.24, 2.45) is 11.8 Å². The Balaban J connectivity index is 1.96. The maximum absolute atomic E-state index is 6.19. The molecular weight excluding hydrogens is 250 g/mol. The summed E-state index contributed by atoms with van der Waals surface area (Å²) < 4.78 is 11.7. The number of hydrogen-bond donors (Lipinski definition) is 1. The maximum atomic E-state index is 6.19. The Morgan fingerprint density at radius 1 is 1.20 bits per heavy atom. The summed E-state index contributed by atoms with van der Waals surface area (Å²) in [7, 11) is 0. The molecule has 2 saturated heterocycles. The van der Waals surface area contributed by atoms with Gasteiger partial charge in [-0.1, -0.05) is 27.2 Å². The van der Waals surface area contributed by atoms with Crippen LogP contribution >= 0.6 is 0 Å². The van der Waals surface area contributed by atoms with Crippen LogP contribution in [0.5, 0.6) is 0 Å². The van der Waals surface area contributed by atoms with Gasteiger partial charge in [-0.3, -0.25) is 0 Å². The summed E-state index contributed by atoms with van der Waals surface area (Å²) in [6.45, 7) is 10.7. The van der Waals surface area contributed by atoms with Crippen molar-refractivity contribution >= 4 is 0 Å². The first-order valence-electron chi connectivity index (χ1n) is 8.64. The largest absolute Gasteiger partial charge is 0.381 e. The summed E-state index contributed by atoms with van der Waals surface area (Å²) in [5.74, 6) is 1.59. The van der Waals surface area contributed by atoms with Gasteiger partial charge in [0.15, 0.2) is 0 Å². The average molecular weight is 283 g/mol. The molecule has 3 atom stereocenters. The van der Waals surface area contributed by atoms with E-state index in [-0.39, 0.29) is 5.60 Å². The number of ether oxygens (including phenoxy) is 2. The molecule has 0 amide bonds. The minimum Gasteiger partial charge on any atom is -0.381 e. The Hall–Kier alpha value is -0.120. The van der Waals surface area contributed by atoms with Gasteiger partial charge < -0.3 is 14.8 Å². The maximum Gasteiger partial charge on any atom is 0.0729 e. The molecule has 1 spiro atoms. The zero-order valence-corrected chi connectivity index (χ0v) is 13.6. The SMILES string of the molecule is CCNC(CC(C)CC)C1CCOC2(CCOCC2)C1. The smallest absolute Gasteiger partial charge is 0.0729 e. The first-order valence-corrected chi connectivity index (χ1v) is 8.64. The van der Waals surface area contributed by atoms with E-state index in [0.29, 0.717) is 6.04 Å². The molecule has 3 unspecified atom stereocenters. The molecule has 0 bridgehead atoms. The van der Waals surface area contributed by atoms with Crippen molar-refractivity contribution in [2.45, 2.75) is 70.9 Å². The number of nitrogens with one attached hydrogen (secondary N) is 1. The Morgan fingerprint density at radius 3 is 2.60 bits per heavy atom. The summed E-state index contributed by atoms with van der Waals surface area (Å²) >= 11 is 0. The van der Waals surface area contributed by atoms with Crippen LogP contribution in [-0.4, -0.2) is 38.0 Å². The van der Waals surface area contributed by atoms with E-state index in [1.807, 2.05) is 0 Å². The average Bonchev–Trinajstić information content (AvgIpc) is 2.47. The molecule has 2 rings (SSSR count). The van der Waals surface area contributed by atoms with E-state index >= 15 is 0 Å². The van der Waals surface area contributed by atoms with Crippen LogP contribution in [0.15, 0.2) is 0 Å². The molecule has 0 radical (unpaired) electrons. The number of hydrogen-bond acceptors (Lipinski definition) is 3. The molecule has 3 heteroatoms. The van der Waals surface area contributed by atoms with Gasteiger partial charge in [0.1, 0.15) is 0 Å². The zero-order chi connectivity index (χ0) is 14.4. The zero-order valence-electron chi connectivity index (χ0n) is 13.6. The highest BCUT2D eigenvalue weighted by Gasteiger charge is 2.41. The fourth-order valence-electron chi connectivity index (χ4n) is 3.81. The second-order valence-corrected chi connectivity index (χ2v) is 6.81. The Kier molecular flexibility index (Phi) is 6.31. The van der Waals surface area contributed by atoms with E-state index in [2.05, 4.69) is 26.1 Å². The normalized spacial score (nSPS) is 29.2. The van der Waals surface area contributed by atoms with Gasteiger partial charge >= 0.3 is 0 Å². The van der Waals surface area contributed by atoms with Crippen molar-refractivity contribution in [1.29, 1.82) is 0 Å². The highest BCUT2D eigenvalue weighted by atomic mass is 16.5. The molecule has 2 aliphatic rings. The molecule has 118 valence electrons. The van der Waals surface area contributed by atoms with Crippen molar-refractivity contribution in [2.75, 3.05) is 26.4 Å². The lowest BCUT2D eigenvalue weighted by molar-refractivity contribution is -0.150. The molecule has 2 fully saturated rings. The van der Waals surface area contributed by atoms with Crippen LogP contribution in [0.3, 0.4) is 0 Å². The summed E-state index contributed by atoms with van der Waals surface area (Å²) in [6, 6.07) is 0.665. The molecule has 0 aromatic heterocycles. The quantitative estimate of drug-likeness (QED) is 0.810. The minimum absolute atomic E-state index is 0.129. The molecule has 3 nitrogen and oxygen atoms in total. The predicted molar refractivity (Wildman–Crippen MR) is 83.0 cm³/mol. The molecule has 0 aromatic rings. The molecule has 0 aromatic carbocycles. The topological polar surface area (TPSA) is 30.5 Å². The second-order valence-electron chi connectivity index (χ2n) is 6.81. The monoisotopic (exact) mass is 283 g/mol. The third-order valence-corrected chi connectivity index (χ3v) is 5.32. The van der Waals surface area contributed by atoms with Gasteiger partial charge in [-0.15, -0.1) is 0 Å². The van der Waals surface area contributed by atoms with Crippen LogP contribution in [0.2, 0.25) is 0 Å². The molecule has 2 aliphatic heterocycles. The van der Waals surface area contributed by atoms with Crippen LogP contribution in [0.4, 0.5) is 0 Å². The van der Waals surface area contributed by atoms with Crippen molar-refractivity contribution in [3.63, 3.8) is 0 Å². The summed E-state index contributed by atoms with van der Waals surface area (Å²) in [5, 5.41) is 3.75. The van der Waals surface area contributed by atoms with E-state index in [9.17, 15) is 0 Å². The number of rotatable bonds is 6. The van der Waals surface area contributed by atoms with Crippen molar-refractivity contribution in [3.05, 3.63) is 0 Å². The van der Waals surface area contributed by atoms with Gasteiger partial charge in [0.05, 0.1) is 5.60 Å². The molecule has 1 N–H and O–H groups in total. The van der Waals surface area contributed by atoms with Gasteiger partial charge in [-0.25, -0.2) is 0 Å². The Labute approximate surface area is 124 Å². The first-order chi connectivity index (χ1) is 9.69. The minimum atomic E-state index is 0.129. The Bertz CT molecular complexity index is 271. The van der Waals surface area contributed by atoms with E-state index in [1.54, 1.807) is 0 Å². The molecule has 0 saturated carbocycles. The summed E-state index contributed by atoms with van der Waals surface area (Å²) in [4.78, 5) is 0. The lowest BCUT2D eigenvalue weighted by Gasteiger charge is -2.45. The second kappa shape index (κ2) is 7.77. The molecule has 2 heterocycles. The van der Waals surface area contributed by atoms with Gasteiger partial charge in [0, 0.05) is 25.9 Å². The van der Waals surface area contributed by atoms with Gasteiger partial charge in [0.25, 0.3) is 0 Å². The first kappa shape index (κ1) is 16.3. The van der Waals surface area contributed by atoms with E-state index in [4.69, 9.17) is 9.47 Å². The predicted octanol–water partition coefficient (Wildman–Crippen LogP) is 3.38. The standard InChI is InChI=1S/C17H33NO2/c1-4-14(3)12-16(18-5-2)15-6-9-20-17(13-15)7-10-19-11-8-17/h14-16,18H,4-13H2,1-3H3. The third-order valence-electron chi connectivity index (χ3n) is 5.32. The molecule has 0 aliphatic carbocycles. The highest BCUT2D eigenvalue weighted by molar-refractivity contribution is 4.93. The van der Waals surface area contributed by atoms with E-state index in [1.165, 1.54) is 25.7 Å². The van der Waals surface area contributed by atoms with Crippen LogP contribution in [0.1, 0.15) is 59.3 Å². The fourth-order valence-corrected chi connectivity index (χ4v) is 3.81. The van der Waals surface area contributed by atoms with Gasteiger partial charge in [-0.2, -0.15) is 0 Å². The summed E-state index contributed by atoms with van der Waals surface area (Å²) in [6.07, 6.45) is 7.21. The van der Waals surface area contributed by atoms with Gasteiger partial charge in [0.2, 0.25) is 0 Å². The van der Waals surface area contributed by atoms with Crippen molar-refractivity contribution in [3.8, 4) is 0 Å². The highest BCUT2D eigenvalue weighted by Crippen LogP contribution is 2.39. The van der Waals surface area contributed by atoms with Crippen LogP contribution in [0, 0.1) is 11.8 Å². The molecular formula is C17H33NO2. The van der Waals surface area contributed by atoms with Gasteiger partial charge in [-0.05, 0) is 50.5 Å². The van der Waals surface area contributed by atoms with E-state index < -0.39 is 0 Å². The van der Waals surface area contributed by atoms with Crippen LogP contribution in [-0.2, 0) is 9.47 Å². The van der Waals surface area contributed by atoms with E-state index in [0.717, 1.165) is 51.0 Å². The van der Waals surface area contributed by atoms with Crippen LogP contribution < -0.4 is 5.32 Å². The van der Waals surface area contributed by atoms with Crippen molar-refractivity contribution in [1.82, 2.24) is 5.32 Å². The molecule has 20 heavy (non-hydrogen) atoms. The summed E-state index contributed by atoms with van der Waals surface area (Å²) in [5.41, 5.74) is 0.129. The Morgan fingerprint density at radius 2 is 1.95 bits per heavy atom. The lowest BCUT2D eigenvalue weighted by atomic mass is 9.76. The third kappa shape index (κ3) is 4.19. The fraction of sp³-hybridized carbons (Fsp3) is 1.00. The lowest BCUT2D eigenvalue weighted by Crippen LogP contribution is -2.49. The van der Waals surface area contributed by atoms with Crippen LogP contribution in [0.25, 0.3) is 0 Å².